The first kappa shape index (κ1) is 14.5. The van der Waals surface area contributed by atoms with E-state index in [1.807, 2.05) is 0 Å². The molecular weight excluding hydrogens is 238 g/mol. The van der Waals surface area contributed by atoms with Gasteiger partial charge in [0.2, 0.25) is 0 Å². The molecule has 0 amide bonds. The van der Waals surface area contributed by atoms with E-state index < -0.39 is 0 Å². The van der Waals surface area contributed by atoms with Crippen molar-refractivity contribution in [1.82, 2.24) is 4.90 Å². The third-order valence-corrected chi connectivity index (χ3v) is 3.83. The molecule has 3 heteroatoms. The molecule has 19 heavy (non-hydrogen) atoms. The van der Waals surface area contributed by atoms with Crippen LogP contribution in [0.3, 0.4) is 0 Å². The highest BCUT2D eigenvalue weighted by Gasteiger charge is 2.17. The molecule has 1 aliphatic rings. The summed E-state index contributed by atoms with van der Waals surface area (Å²) in [5.74, 6) is 0.732. The Kier molecular flexibility index (Phi) is 6.34. The van der Waals surface area contributed by atoms with E-state index in [-0.39, 0.29) is 6.61 Å². The highest BCUT2D eigenvalue weighted by Crippen LogP contribution is 2.16. The summed E-state index contributed by atoms with van der Waals surface area (Å²) in [6, 6.07) is 10.6. The smallest absolute Gasteiger partial charge is 0.0558 e. The van der Waals surface area contributed by atoms with Gasteiger partial charge in [-0.3, -0.25) is 0 Å². The second-order valence-corrected chi connectivity index (χ2v) is 5.32. The van der Waals surface area contributed by atoms with Crippen molar-refractivity contribution in [3.05, 3.63) is 35.9 Å². The van der Waals surface area contributed by atoms with E-state index in [9.17, 15) is 5.11 Å². The number of benzene rings is 1. The third-order valence-electron chi connectivity index (χ3n) is 3.83. The molecule has 1 fully saturated rings. The molecule has 1 heterocycles. The summed E-state index contributed by atoms with van der Waals surface area (Å²) in [4.78, 5) is 2.39. The first-order valence-corrected chi connectivity index (χ1v) is 7.33. The minimum Gasteiger partial charge on any atom is -0.395 e. The Morgan fingerprint density at radius 1 is 1.11 bits per heavy atom. The summed E-state index contributed by atoms with van der Waals surface area (Å²) in [6.45, 7) is 4.95. The summed E-state index contributed by atoms with van der Waals surface area (Å²) < 4.78 is 5.40. The van der Waals surface area contributed by atoms with Gasteiger partial charge in [0.15, 0.2) is 0 Å². The topological polar surface area (TPSA) is 32.7 Å². The van der Waals surface area contributed by atoms with Crippen molar-refractivity contribution in [1.29, 1.82) is 0 Å². The second kappa shape index (κ2) is 8.31. The first-order chi connectivity index (χ1) is 9.38. The van der Waals surface area contributed by atoms with Crippen LogP contribution in [0.2, 0.25) is 0 Å². The van der Waals surface area contributed by atoms with Crippen LogP contribution >= 0.6 is 0 Å². The molecule has 1 aliphatic heterocycles. The maximum atomic E-state index is 9.20. The van der Waals surface area contributed by atoms with Crippen LogP contribution in [0.15, 0.2) is 30.3 Å². The van der Waals surface area contributed by atoms with Gasteiger partial charge >= 0.3 is 0 Å². The molecule has 0 aromatic heterocycles. The molecular formula is C16H25NO2. The molecule has 0 spiro atoms. The maximum Gasteiger partial charge on any atom is 0.0558 e. The van der Waals surface area contributed by atoms with Crippen LogP contribution < -0.4 is 0 Å². The fraction of sp³-hybridized carbons (Fsp3) is 0.625. The van der Waals surface area contributed by atoms with Gasteiger partial charge in [-0.05, 0) is 30.7 Å². The Balaban J connectivity index is 1.78. The highest BCUT2D eigenvalue weighted by molar-refractivity contribution is 5.14. The van der Waals surface area contributed by atoms with Crippen LogP contribution in [0.5, 0.6) is 0 Å². The molecule has 0 aliphatic carbocycles. The van der Waals surface area contributed by atoms with Crippen molar-refractivity contribution in [2.24, 2.45) is 5.92 Å². The predicted molar refractivity (Wildman–Crippen MR) is 77.2 cm³/mol. The average Bonchev–Trinajstić information content (AvgIpc) is 2.47. The molecule has 0 atom stereocenters. The van der Waals surface area contributed by atoms with E-state index in [1.165, 1.54) is 5.56 Å². The number of aliphatic hydroxyl groups is 1. The lowest BCUT2D eigenvalue weighted by Crippen LogP contribution is -2.35. The standard InChI is InChI=1S/C16H25NO2/c18-11-10-17(14-16-7-12-19-13-8-16)9-6-15-4-2-1-3-5-15/h1-5,16,18H,6-14H2. The van der Waals surface area contributed by atoms with Crippen molar-refractivity contribution >= 4 is 0 Å². The van der Waals surface area contributed by atoms with Gasteiger partial charge in [-0.15, -0.1) is 0 Å². The Morgan fingerprint density at radius 2 is 1.84 bits per heavy atom. The highest BCUT2D eigenvalue weighted by atomic mass is 16.5. The zero-order valence-corrected chi connectivity index (χ0v) is 11.6. The van der Waals surface area contributed by atoms with Gasteiger partial charge in [0.05, 0.1) is 6.61 Å². The quantitative estimate of drug-likeness (QED) is 0.816. The molecule has 1 aromatic carbocycles. The van der Waals surface area contributed by atoms with Gasteiger partial charge in [0.1, 0.15) is 0 Å². The van der Waals surface area contributed by atoms with Crippen LogP contribution in [0.25, 0.3) is 0 Å². The van der Waals surface area contributed by atoms with Crippen LogP contribution in [0.4, 0.5) is 0 Å². The SMILES string of the molecule is OCCN(CCc1ccccc1)CC1CCOCC1. The van der Waals surface area contributed by atoms with Gasteiger partial charge in [0, 0.05) is 32.8 Å². The minimum atomic E-state index is 0.248. The molecule has 0 saturated carbocycles. The van der Waals surface area contributed by atoms with E-state index in [0.717, 1.165) is 58.0 Å². The van der Waals surface area contributed by atoms with Crippen LogP contribution in [-0.2, 0) is 11.2 Å². The fourth-order valence-electron chi connectivity index (χ4n) is 2.66. The number of hydrogen-bond acceptors (Lipinski definition) is 3. The van der Waals surface area contributed by atoms with Crippen molar-refractivity contribution in [3.8, 4) is 0 Å². The first-order valence-electron chi connectivity index (χ1n) is 7.33. The zero-order valence-electron chi connectivity index (χ0n) is 11.6. The Labute approximate surface area is 116 Å². The minimum absolute atomic E-state index is 0.248. The molecule has 1 saturated heterocycles. The molecule has 0 bridgehead atoms. The van der Waals surface area contributed by atoms with E-state index in [4.69, 9.17) is 4.74 Å². The fourth-order valence-corrected chi connectivity index (χ4v) is 2.66. The maximum absolute atomic E-state index is 9.20. The van der Waals surface area contributed by atoms with E-state index in [1.54, 1.807) is 0 Å². The summed E-state index contributed by atoms with van der Waals surface area (Å²) in [6.07, 6.45) is 3.38. The zero-order chi connectivity index (χ0) is 13.3. The van der Waals surface area contributed by atoms with Crippen LogP contribution in [0.1, 0.15) is 18.4 Å². The number of nitrogens with zero attached hydrogens (tertiary/aromatic N) is 1. The molecule has 2 rings (SSSR count). The Morgan fingerprint density at radius 3 is 2.53 bits per heavy atom. The average molecular weight is 263 g/mol. The van der Waals surface area contributed by atoms with Gasteiger partial charge < -0.3 is 14.7 Å². The monoisotopic (exact) mass is 263 g/mol. The molecule has 1 aromatic rings. The summed E-state index contributed by atoms with van der Waals surface area (Å²) in [7, 11) is 0. The lowest BCUT2D eigenvalue weighted by molar-refractivity contribution is 0.0501. The third kappa shape index (κ3) is 5.31. The van der Waals surface area contributed by atoms with Crippen molar-refractivity contribution in [3.63, 3.8) is 0 Å². The number of aliphatic hydroxyl groups excluding tert-OH is 1. The lowest BCUT2D eigenvalue weighted by Gasteiger charge is -2.29. The lowest BCUT2D eigenvalue weighted by atomic mass is 9.99. The van der Waals surface area contributed by atoms with E-state index in [0.29, 0.717) is 0 Å². The Bertz CT molecular complexity index is 336. The van der Waals surface area contributed by atoms with Crippen molar-refractivity contribution in [2.45, 2.75) is 19.3 Å². The van der Waals surface area contributed by atoms with E-state index in [2.05, 4.69) is 35.2 Å². The van der Waals surface area contributed by atoms with Crippen molar-refractivity contribution < 1.29 is 9.84 Å². The van der Waals surface area contributed by atoms with Gasteiger partial charge in [-0.1, -0.05) is 30.3 Å². The van der Waals surface area contributed by atoms with Gasteiger partial charge in [-0.25, -0.2) is 0 Å². The van der Waals surface area contributed by atoms with Crippen LogP contribution in [-0.4, -0.2) is 49.5 Å². The molecule has 1 N–H and O–H groups in total. The van der Waals surface area contributed by atoms with Gasteiger partial charge in [-0.2, -0.15) is 0 Å². The Hall–Kier alpha value is -0.900. The summed E-state index contributed by atoms with van der Waals surface area (Å²) in [5.41, 5.74) is 1.37. The van der Waals surface area contributed by atoms with Crippen LogP contribution in [0, 0.1) is 5.92 Å². The molecule has 106 valence electrons. The molecule has 3 nitrogen and oxygen atoms in total. The number of ether oxygens (including phenoxy) is 1. The number of hydrogen-bond donors (Lipinski definition) is 1. The largest absolute Gasteiger partial charge is 0.395 e. The molecule has 0 radical (unpaired) electrons. The number of rotatable bonds is 7. The second-order valence-electron chi connectivity index (χ2n) is 5.32. The van der Waals surface area contributed by atoms with Gasteiger partial charge in [0.25, 0.3) is 0 Å². The van der Waals surface area contributed by atoms with E-state index >= 15 is 0 Å². The molecule has 0 unspecified atom stereocenters. The normalized spacial score (nSPS) is 16.9. The van der Waals surface area contributed by atoms with Crippen molar-refractivity contribution in [2.75, 3.05) is 39.5 Å². The summed E-state index contributed by atoms with van der Waals surface area (Å²) in [5, 5.41) is 9.20. The predicted octanol–water partition coefficient (Wildman–Crippen LogP) is 1.95. The summed E-state index contributed by atoms with van der Waals surface area (Å²) >= 11 is 0.